The zero-order valence-electron chi connectivity index (χ0n) is 13.2. The average molecular weight is 341 g/mol. The van der Waals surface area contributed by atoms with Gasteiger partial charge >= 0.3 is 0 Å². The number of hydrogen-bond donors (Lipinski definition) is 0. The molecule has 4 rings (SSSR count). The van der Waals surface area contributed by atoms with E-state index in [2.05, 4.69) is 20.0 Å². The lowest BCUT2D eigenvalue weighted by molar-refractivity contribution is 0.620. The molecule has 24 heavy (non-hydrogen) atoms. The third-order valence-corrected chi connectivity index (χ3v) is 4.67. The van der Waals surface area contributed by atoms with Crippen molar-refractivity contribution < 1.29 is 4.39 Å². The maximum Gasteiger partial charge on any atom is 0.189 e. The van der Waals surface area contributed by atoms with Gasteiger partial charge in [-0.15, -0.1) is 0 Å². The molecule has 0 amide bonds. The average Bonchev–Trinajstić information content (AvgIpc) is 3.19. The smallest absolute Gasteiger partial charge is 0.189 e. The molecule has 0 fully saturated rings. The highest BCUT2D eigenvalue weighted by molar-refractivity contribution is 7.98. The summed E-state index contributed by atoms with van der Waals surface area (Å²) in [6, 6.07) is 8.49. The van der Waals surface area contributed by atoms with E-state index in [0.29, 0.717) is 6.54 Å². The van der Waals surface area contributed by atoms with Crippen molar-refractivity contribution in [1.29, 1.82) is 0 Å². The van der Waals surface area contributed by atoms with Gasteiger partial charge in [-0.1, -0.05) is 23.9 Å². The standard InChI is InChI=1S/C17H16FN5S/c1-24-17-19-7-6-16(21-17)22-10-13-8-20-23(15(13)11-22)9-12-2-4-14(18)5-3-12/h2-8H,9-11H2,1H3. The predicted octanol–water partition coefficient (Wildman–Crippen LogP) is 3.10. The molecule has 0 spiro atoms. The molecule has 3 heterocycles. The maximum atomic E-state index is 13.0. The van der Waals surface area contributed by atoms with Crippen LogP contribution < -0.4 is 4.90 Å². The first-order chi connectivity index (χ1) is 11.7. The topological polar surface area (TPSA) is 46.8 Å². The molecule has 3 aromatic rings. The van der Waals surface area contributed by atoms with E-state index in [0.717, 1.165) is 29.6 Å². The van der Waals surface area contributed by atoms with Crippen LogP contribution in [-0.4, -0.2) is 26.0 Å². The number of hydrogen-bond acceptors (Lipinski definition) is 5. The van der Waals surface area contributed by atoms with Crippen LogP contribution in [0.5, 0.6) is 0 Å². The molecule has 2 aromatic heterocycles. The van der Waals surface area contributed by atoms with Gasteiger partial charge in [0.05, 0.1) is 25.0 Å². The van der Waals surface area contributed by atoms with E-state index in [4.69, 9.17) is 0 Å². The monoisotopic (exact) mass is 341 g/mol. The summed E-state index contributed by atoms with van der Waals surface area (Å²) >= 11 is 1.54. The number of thioether (sulfide) groups is 1. The molecular weight excluding hydrogens is 325 g/mol. The van der Waals surface area contributed by atoms with E-state index in [1.54, 1.807) is 18.3 Å². The van der Waals surface area contributed by atoms with Crippen molar-refractivity contribution in [2.45, 2.75) is 24.8 Å². The van der Waals surface area contributed by atoms with Gasteiger partial charge in [-0.3, -0.25) is 4.68 Å². The molecule has 7 heteroatoms. The minimum absolute atomic E-state index is 0.219. The molecule has 0 aliphatic carbocycles. The Labute approximate surface area is 143 Å². The van der Waals surface area contributed by atoms with E-state index in [-0.39, 0.29) is 5.82 Å². The molecule has 1 aliphatic rings. The summed E-state index contributed by atoms with van der Waals surface area (Å²) in [5.74, 6) is 0.711. The molecule has 5 nitrogen and oxygen atoms in total. The minimum Gasteiger partial charge on any atom is -0.346 e. The Hall–Kier alpha value is -2.41. The normalized spacial score (nSPS) is 13.3. The number of aromatic nitrogens is 4. The van der Waals surface area contributed by atoms with E-state index < -0.39 is 0 Å². The first-order valence-corrected chi connectivity index (χ1v) is 8.85. The molecule has 1 aromatic carbocycles. The maximum absolute atomic E-state index is 13.0. The Morgan fingerprint density at radius 3 is 2.79 bits per heavy atom. The summed E-state index contributed by atoms with van der Waals surface area (Å²) in [5, 5.41) is 5.25. The van der Waals surface area contributed by atoms with Crippen LogP contribution in [0.3, 0.4) is 0 Å². The second kappa shape index (κ2) is 6.24. The van der Waals surface area contributed by atoms with Gasteiger partial charge in [-0.05, 0) is 30.0 Å². The lowest BCUT2D eigenvalue weighted by atomic mass is 10.2. The van der Waals surface area contributed by atoms with Crippen molar-refractivity contribution in [2.24, 2.45) is 0 Å². The molecule has 0 N–H and O–H groups in total. The quantitative estimate of drug-likeness (QED) is 0.539. The van der Waals surface area contributed by atoms with Crippen LogP contribution in [0.2, 0.25) is 0 Å². The number of nitrogens with zero attached hydrogens (tertiary/aromatic N) is 5. The molecule has 0 radical (unpaired) electrons. The van der Waals surface area contributed by atoms with Crippen molar-refractivity contribution in [3.8, 4) is 0 Å². The summed E-state index contributed by atoms with van der Waals surface area (Å²) in [6.07, 6.45) is 5.68. The third-order valence-electron chi connectivity index (χ3n) is 4.11. The number of halogens is 1. The third kappa shape index (κ3) is 2.87. The number of rotatable bonds is 4. The summed E-state index contributed by atoms with van der Waals surface area (Å²) in [5.41, 5.74) is 3.43. The zero-order valence-corrected chi connectivity index (χ0v) is 14.0. The first kappa shape index (κ1) is 15.1. The highest BCUT2D eigenvalue weighted by Gasteiger charge is 2.24. The van der Waals surface area contributed by atoms with Crippen molar-refractivity contribution in [2.75, 3.05) is 11.2 Å². The second-order valence-corrected chi connectivity index (χ2v) is 6.43. The van der Waals surface area contributed by atoms with Gasteiger partial charge in [0, 0.05) is 18.3 Å². The fraction of sp³-hybridized carbons (Fsp3) is 0.235. The van der Waals surface area contributed by atoms with Crippen molar-refractivity contribution in [1.82, 2.24) is 19.7 Å². The van der Waals surface area contributed by atoms with E-state index in [1.165, 1.54) is 35.2 Å². The molecule has 0 bridgehead atoms. The first-order valence-electron chi connectivity index (χ1n) is 7.63. The highest BCUT2D eigenvalue weighted by Crippen LogP contribution is 2.27. The van der Waals surface area contributed by atoms with E-state index in [1.807, 2.05) is 23.2 Å². The van der Waals surface area contributed by atoms with Gasteiger partial charge in [0.1, 0.15) is 11.6 Å². The van der Waals surface area contributed by atoms with Gasteiger partial charge in [-0.25, -0.2) is 14.4 Å². The zero-order chi connectivity index (χ0) is 16.5. The molecule has 0 saturated heterocycles. The van der Waals surface area contributed by atoms with Gasteiger partial charge < -0.3 is 4.90 Å². The fourth-order valence-electron chi connectivity index (χ4n) is 2.87. The Balaban J connectivity index is 1.54. The lowest BCUT2D eigenvalue weighted by Gasteiger charge is -2.17. The van der Waals surface area contributed by atoms with Crippen LogP contribution in [0.15, 0.2) is 47.9 Å². The lowest BCUT2D eigenvalue weighted by Crippen LogP contribution is -2.18. The van der Waals surface area contributed by atoms with Crippen LogP contribution in [0.4, 0.5) is 10.2 Å². The van der Waals surface area contributed by atoms with Crippen LogP contribution in [-0.2, 0) is 19.6 Å². The Bertz CT molecular complexity index is 862. The number of fused-ring (bicyclic) bond motifs is 1. The summed E-state index contributed by atoms with van der Waals surface area (Å²) in [6.45, 7) is 2.20. The van der Waals surface area contributed by atoms with Gasteiger partial charge in [0.2, 0.25) is 0 Å². The van der Waals surface area contributed by atoms with E-state index in [9.17, 15) is 4.39 Å². The molecule has 1 aliphatic heterocycles. The van der Waals surface area contributed by atoms with E-state index >= 15 is 0 Å². The number of benzene rings is 1. The van der Waals surface area contributed by atoms with Gasteiger partial charge in [0.25, 0.3) is 0 Å². The summed E-state index contributed by atoms with van der Waals surface area (Å²) in [4.78, 5) is 11.0. The van der Waals surface area contributed by atoms with Crippen molar-refractivity contribution in [3.63, 3.8) is 0 Å². The Morgan fingerprint density at radius 2 is 2.00 bits per heavy atom. The molecule has 122 valence electrons. The summed E-state index contributed by atoms with van der Waals surface area (Å²) in [7, 11) is 0. The van der Waals surface area contributed by atoms with Gasteiger partial charge in [-0.2, -0.15) is 5.10 Å². The Morgan fingerprint density at radius 1 is 1.17 bits per heavy atom. The van der Waals surface area contributed by atoms with Crippen LogP contribution in [0, 0.1) is 5.82 Å². The van der Waals surface area contributed by atoms with Crippen LogP contribution >= 0.6 is 11.8 Å². The molecular formula is C17H16FN5S. The molecule has 0 saturated carbocycles. The number of anilines is 1. The summed E-state index contributed by atoms with van der Waals surface area (Å²) < 4.78 is 15.0. The van der Waals surface area contributed by atoms with Crippen LogP contribution in [0.25, 0.3) is 0 Å². The largest absolute Gasteiger partial charge is 0.346 e. The molecule has 0 atom stereocenters. The molecule has 0 unspecified atom stereocenters. The Kier molecular flexibility index (Phi) is 3.93. The van der Waals surface area contributed by atoms with Gasteiger partial charge in [0.15, 0.2) is 5.16 Å². The van der Waals surface area contributed by atoms with Crippen LogP contribution in [0.1, 0.15) is 16.8 Å². The SMILES string of the molecule is CSc1nccc(N2Cc3cnn(Cc4ccc(F)cc4)c3C2)n1. The highest BCUT2D eigenvalue weighted by atomic mass is 32.2. The minimum atomic E-state index is -0.219. The fourth-order valence-corrected chi connectivity index (χ4v) is 3.23. The van der Waals surface area contributed by atoms with Crippen molar-refractivity contribution >= 4 is 17.6 Å². The predicted molar refractivity (Wildman–Crippen MR) is 91.4 cm³/mol. The second-order valence-electron chi connectivity index (χ2n) is 5.66. The van der Waals surface area contributed by atoms with Crippen molar-refractivity contribution in [3.05, 3.63) is 65.4 Å².